The third kappa shape index (κ3) is 6.87. The summed E-state index contributed by atoms with van der Waals surface area (Å²) >= 11 is 3.24. The van der Waals surface area contributed by atoms with Crippen LogP contribution in [0.5, 0.6) is 0 Å². The molecule has 0 spiro atoms. The lowest BCUT2D eigenvalue weighted by Crippen LogP contribution is -2.60. The van der Waals surface area contributed by atoms with Crippen molar-refractivity contribution in [3.8, 4) is 0 Å². The van der Waals surface area contributed by atoms with E-state index in [0.717, 1.165) is 5.57 Å². The van der Waals surface area contributed by atoms with Crippen molar-refractivity contribution in [2.45, 2.75) is 77.2 Å². The van der Waals surface area contributed by atoms with E-state index >= 15 is 0 Å². The summed E-state index contributed by atoms with van der Waals surface area (Å²) in [4.78, 5) is 27.5. The zero-order valence-corrected chi connectivity index (χ0v) is 23.0. The van der Waals surface area contributed by atoms with E-state index in [1.807, 2.05) is 13.0 Å². The Morgan fingerprint density at radius 2 is 1.94 bits per heavy atom. The van der Waals surface area contributed by atoms with Crippen molar-refractivity contribution >= 4 is 36.1 Å². The van der Waals surface area contributed by atoms with E-state index < -0.39 is 25.9 Å². The highest BCUT2D eigenvalue weighted by molar-refractivity contribution is 9.09. The van der Waals surface area contributed by atoms with Crippen LogP contribution in [0.15, 0.2) is 11.6 Å². The minimum absolute atomic E-state index is 0.0410. The van der Waals surface area contributed by atoms with Crippen LogP contribution >= 0.6 is 15.9 Å². The number of amides is 1. The maximum Gasteiger partial charge on any atom is 0.335 e. The maximum atomic E-state index is 13.2. The van der Waals surface area contributed by atoms with E-state index in [0.29, 0.717) is 26.0 Å². The second kappa shape index (κ2) is 11.9. The first kappa shape index (κ1) is 28.3. The molecule has 0 aliphatic carbocycles. The number of carbonyl (C=O) groups excluding carboxylic acids is 2. The number of rotatable bonds is 11. The van der Waals surface area contributed by atoms with Gasteiger partial charge in [0.25, 0.3) is 0 Å². The summed E-state index contributed by atoms with van der Waals surface area (Å²) < 4.78 is 22.7. The van der Waals surface area contributed by atoms with E-state index in [-0.39, 0.29) is 29.7 Å². The van der Waals surface area contributed by atoms with Gasteiger partial charge in [-0.15, -0.1) is 0 Å². The Labute approximate surface area is 197 Å². The highest BCUT2D eigenvalue weighted by atomic mass is 79.9. The molecule has 31 heavy (non-hydrogen) atoms. The van der Waals surface area contributed by atoms with Gasteiger partial charge in [0.15, 0.2) is 13.9 Å². The summed E-state index contributed by atoms with van der Waals surface area (Å²) in [6.07, 6.45) is 2.30. The van der Waals surface area contributed by atoms with Gasteiger partial charge in [-0.3, -0.25) is 4.79 Å². The third-order valence-electron chi connectivity index (χ3n) is 6.29. The largest absolute Gasteiger partial charge is 0.464 e. The number of ether oxygens (including phenoxy) is 3. The summed E-state index contributed by atoms with van der Waals surface area (Å²) in [5.74, 6) is -0.614. The molecule has 0 saturated carbocycles. The SMILES string of the molecule is CCOC(=O)[C@@]1(C/C=C(\C)CO[Si](C)(C)C(C)(C)C)[C@@H](OCOC)CCN1C(=O)CBr. The number of nitrogens with zero attached hydrogens (tertiary/aromatic N) is 1. The quantitative estimate of drug-likeness (QED) is 0.133. The summed E-state index contributed by atoms with van der Waals surface area (Å²) in [5, 5.41) is 0.241. The Kier molecular flexibility index (Phi) is 10.9. The Morgan fingerprint density at radius 3 is 2.45 bits per heavy atom. The lowest BCUT2D eigenvalue weighted by atomic mass is 9.88. The fraction of sp³-hybridized carbons (Fsp3) is 0.818. The molecular formula is C22H40BrNO6Si. The van der Waals surface area contributed by atoms with Crippen molar-refractivity contribution in [1.29, 1.82) is 0 Å². The molecule has 0 unspecified atom stereocenters. The number of methoxy groups -OCH3 is 1. The molecule has 0 aromatic rings. The van der Waals surface area contributed by atoms with E-state index in [1.165, 1.54) is 7.11 Å². The molecule has 1 aliphatic heterocycles. The second-order valence-corrected chi connectivity index (χ2v) is 14.8. The van der Waals surface area contributed by atoms with Crippen LogP contribution in [0.4, 0.5) is 0 Å². The van der Waals surface area contributed by atoms with Gasteiger partial charge < -0.3 is 23.5 Å². The average molecular weight is 523 g/mol. The Morgan fingerprint density at radius 1 is 1.29 bits per heavy atom. The van der Waals surface area contributed by atoms with Gasteiger partial charge in [0.1, 0.15) is 6.79 Å². The molecule has 0 radical (unpaired) electrons. The predicted octanol–water partition coefficient (Wildman–Crippen LogP) is 4.26. The van der Waals surface area contributed by atoms with Gasteiger partial charge in [0.05, 0.1) is 24.6 Å². The molecule has 1 heterocycles. The van der Waals surface area contributed by atoms with Crippen LogP contribution in [0.3, 0.4) is 0 Å². The van der Waals surface area contributed by atoms with Crippen molar-refractivity contribution in [3.63, 3.8) is 0 Å². The fourth-order valence-electron chi connectivity index (χ4n) is 3.37. The molecule has 1 rings (SSSR count). The number of alkyl halides is 1. The molecule has 0 bridgehead atoms. The minimum atomic E-state index is -1.89. The monoisotopic (exact) mass is 521 g/mol. The van der Waals surface area contributed by atoms with Crippen LogP contribution < -0.4 is 0 Å². The number of carbonyl (C=O) groups is 2. The fourth-order valence-corrected chi connectivity index (χ4v) is 4.70. The van der Waals surface area contributed by atoms with Crippen molar-refractivity contribution in [1.82, 2.24) is 4.90 Å². The van der Waals surface area contributed by atoms with E-state index in [4.69, 9.17) is 18.6 Å². The Hall–Kier alpha value is -0.743. The molecule has 1 saturated heterocycles. The van der Waals surface area contributed by atoms with Gasteiger partial charge in [0.2, 0.25) is 5.91 Å². The van der Waals surface area contributed by atoms with Crippen molar-refractivity contribution in [3.05, 3.63) is 11.6 Å². The molecule has 7 nitrogen and oxygen atoms in total. The first-order valence-electron chi connectivity index (χ1n) is 10.8. The molecule has 0 aromatic heterocycles. The summed E-state index contributed by atoms with van der Waals surface area (Å²) in [6, 6.07) is 0. The molecule has 0 aromatic carbocycles. The standard InChI is InChI=1S/C22H40BrNO6Si/c1-9-28-20(26)22(12-10-17(2)15-30-31(7,8)21(3,4)5)18(29-16-27-6)11-13-24(22)19(25)14-23/h10,18H,9,11-16H2,1-8H3/b17-10+/t18-,22+/m0/s1. The van der Waals surface area contributed by atoms with Crippen LogP contribution in [0.1, 0.15) is 47.5 Å². The summed E-state index contributed by atoms with van der Waals surface area (Å²) in [7, 11) is -0.362. The van der Waals surface area contributed by atoms with E-state index in [9.17, 15) is 9.59 Å². The molecule has 1 amide bonds. The lowest BCUT2D eigenvalue weighted by Gasteiger charge is -2.39. The van der Waals surface area contributed by atoms with Crippen LogP contribution in [0, 0.1) is 0 Å². The molecule has 0 N–H and O–H groups in total. The highest BCUT2D eigenvalue weighted by Crippen LogP contribution is 2.39. The van der Waals surface area contributed by atoms with Crippen LogP contribution in [-0.2, 0) is 28.2 Å². The van der Waals surface area contributed by atoms with Gasteiger partial charge >= 0.3 is 5.97 Å². The van der Waals surface area contributed by atoms with Gasteiger partial charge in [-0.05, 0) is 38.4 Å². The average Bonchev–Trinajstić information content (AvgIpc) is 3.07. The van der Waals surface area contributed by atoms with Crippen LogP contribution in [0.25, 0.3) is 0 Å². The van der Waals surface area contributed by atoms with Gasteiger partial charge in [-0.25, -0.2) is 4.79 Å². The zero-order valence-electron chi connectivity index (χ0n) is 20.4. The number of halogens is 1. The smallest absolute Gasteiger partial charge is 0.335 e. The third-order valence-corrected chi connectivity index (χ3v) is 11.2. The zero-order chi connectivity index (χ0) is 23.9. The molecule has 9 heteroatoms. The number of hydrogen-bond acceptors (Lipinski definition) is 6. The van der Waals surface area contributed by atoms with Gasteiger partial charge in [-0.1, -0.05) is 48.4 Å². The van der Waals surface area contributed by atoms with Crippen LogP contribution in [0.2, 0.25) is 18.1 Å². The lowest BCUT2D eigenvalue weighted by molar-refractivity contribution is -0.173. The molecule has 1 aliphatic rings. The molecule has 2 atom stereocenters. The first-order chi connectivity index (χ1) is 14.4. The topological polar surface area (TPSA) is 74.3 Å². The van der Waals surface area contributed by atoms with E-state index in [2.05, 4.69) is 49.8 Å². The maximum absolute atomic E-state index is 13.2. The number of likely N-dealkylation sites (tertiary alicyclic amines) is 1. The minimum Gasteiger partial charge on any atom is -0.464 e. The summed E-state index contributed by atoms with van der Waals surface area (Å²) in [5.41, 5.74) is -0.213. The molecular weight excluding hydrogens is 482 g/mol. The second-order valence-electron chi connectivity index (χ2n) is 9.48. The van der Waals surface area contributed by atoms with Crippen molar-refractivity contribution in [2.24, 2.45) is 0 Å². The Balaban J connectivity index is 3.20. The highest BCUT2D eigenvalue weighted by Gasteiger charge is 2.57. The van der Waals surface area contributed by atoms with Crippen LogP contribution in [-0.4, -0.2) is 75.7 Å². The molecule has 1 fully saturated rings. The van der Waals surface area contributed by atoms with Gasteiger partial charge in [0, 0.05) is 20.1 Å². The van der Waals surface area contributed by atoms with Crippen molar-refractivity contribution in [2.75, 3.05) is 39.0 Å². The summed E-state index contributed by atoms with van der Waals surface area (Å²) in [6.45, 7) is 16.0. The molecule has 180 valence electrons. The number of esters is 1. The van der Waals surface area contributed by atoms with E-state index in [1.54, 1.807) is 11.8 Å². The van der Waals surface area contributed by atoms with Crippen molar-refractivity contribution < 1.29 is 28.2 Å². The number of hydrogen-bond donors (Lipinski definition) is 0. The predicted molar refractivity (Wildman–Crippen MR) is 128 cm³/mol. The van der Waals surface area contributed by atoms with Gasteiger partial charge in [-0.2, -0.15) is 0 Å². The Bertz CT molecular complexity index is 648. The first-order valence-corrected chi connectivity index (χ1v) is 14.8. The normalized spacial score (nSPS) is 22.7.